The van der Waals surface area contributed by atoms with Crippen molar-refractivity contribution in [1.82, 2.24) is 18.3 Å². The first-order valence-electron chi connectivity index (χ1n) is 29.3. The number of nitrogens with zero attached hydrogens (tertiary/aromatic N) is 4. The molecule has 0 atom stereocenters. The lowest BCUT2D eigenvalue weighted by Crippen LogP contribution is -2.26. The Kier molecular flexibility index (Phi) is 13.1. The highest BCUT2D eigenvalue weighted by molar-refractivity contribution is 5.80. The second-order valence-corrected chi connectivity index (χ2v) is 22.4. The van der Waals surface area contributed by atoms with E-state index in [0.29, 0.717) is 84.2 Å². The lowest BCUT2D eigenvalue weighted by molar-refractivity contribution is 0.533. The standard InChI is InChI=1S/C77H52N4O8/c1-78-57-37-21-5-15-31-51(57)66(72(78)82)63(67-52-32-16-6-22-38-58(52)79(2)73(67)83)46-43-47(45-48(44-46)65(70-55-35-19-9-25-41-61(55)88-76(70)86)71-56-36-20-10-26-42-62(56)89-77(71)87)64(68-53-33-17-7-23-39-59(53)80(74(68)84)49-27-11-3-12-28-49)69-54-34-18-8-24-40-60(54)81(75(69)85)50-29-13-4-14-30-50/h3-45,63-65H,1-2H3. The minimum atomic E-state index is -1.32. The van der Waals surface area contributed by atoms with Crippen molar-refractivity contribution < 1.29 is 8.83 Å². The van der Waals surface area contributed by atoms with Crippen LogP contribution in [0.4, 0.5) is 0 Å². The van der Waals surface area contributed by atoms with Gasteiger partial charge in [0, 0.05) is 98.9 Å². The van der Waals surface area contributed by atoms with Crippen molar-refractivity contribution in [3.63, 3.8) is 0 Å². The van der Waals surface area contributed by atoms with Crippen LogP contribution in [0, 0.1) is 0 Å². The molecule has 3 aromatic carbocycles. The maximum atomic E-state index is 16.6. The number of fused-ring (bicyclic) bond motifs is 6. The van der Waals surface area contributed by atoms with Crippen LogP contribution < -0.4 is 33.5 Å². The molecule has 3 aromatic rings. The van der Waals surface area contributed by atoms with Gasteiger partial charge < -0.3 is 18.0 Å². The molecule has 12 nitrogen and oxygen atoms in total. The normalized spacial score (nSPS) is 11.8. The maximum absolute atomic E-state index is 16.6. The molecule has 0 saturated carbocycles. The van der Waals surface area contributed by atoms with E-state index >= 15 is 28.8 Å². The van der Waals surface area contributed by atoms with Crippen LogP contribution in [-0.2, 0) is 14.1 Å². The Bertz CT molecular complexity index is 5110. The Morgan fingerprint density at radius 1 is 0.270 bits per heavy atom. The summed E-state index contributed by atoms with van der Waals surface area (Å²) in [6.45, 7) is 0. The highest BCUT2D eigenvalue weighted by Gasteiger charge is 2.41. The maximum Gasteiger partial charge on any atom is 0.341 e. The van der Waals surface area contributed by atoms with E-state index in [4.69, 9.17) is 8.83 Å². The second kappa shape index (κ2) is 21.6. The molecule has 0 N–H and O–H groups in total. The molecule has 6 heterocycles. The van der Waals surface area contributed by atoms with Crippen molar-refractivity contribution in [2.45, 2.75) is 17.8 Å². The predicted molar refractivity (Wildman–Crippen MR) is 346 cm³/mol. The molecule has 428 valence electrons. The highest BCUT2D eigenvalue weighted by Crippen LogP contribution is 2.49. The van der Waals surface area contributed by atoms with Gasteiger partial charge in [-0.3, -0.25) is 28.3 Å². The molecule has 6 aliphatic carbocycles. The summed E-state index contributed by atoms with van der Waals surface area (Å²) < 4.78 is 18.9. The van der Waals surface area contributed by atoms with Gasteiger partial charge in [0.1, 0.15) is 11.5 Å². The number of hydrogen-bond donors (Lipinski definition) is 0. The summed E-state index contributed by atoms with van der Waals surface area (Å²) >= 11 is 0. The van der Waals surface area contributed by atoms with E-state index < -0.39 is 40.1 Å². The van der Waals surface area contributed by atoms with Crippen LogP contribution in [-0.4, -0.2) is 18.3 Å². The summed E-state index contributed by atoms with van der Waals surface area (Å²) in [5.74, 6) is -3.31. The lowest BCUT2D eigenvalue weighted by Gasteiger charge is -2.25. The molecule has 12 aliphatic rings. The van der Waals surface area contributed by atoms with Gasteiger partial charge in [0.05, 0.1) is 33.9 Å². The summed E-state index contributed by atoms with van der Waals surface area (Å²) in [7, 11) is 3.41. The van der Waals surface area contributed by atoms with Gasteiger partial charge in [-0.05, 0) is 77.4 Å². The minimum Gasteiger partial charge on any atom is -0.422 e. The van der Waals surface area contributed by atoms with Crippen LogP contribution in [0.1, 0.15) is 67.8 Å². The molecule has 0 fully saturated rings. The first-order valence-corrected chi connectivity index (χ1v) is 29.3. The summed E-state index contributed by atoms with van der Waals surface area (Å²) in [6.07, 6.45) is 0. The summed E-state index contributed by atoms with van der Waals surface area (Å²) in [5.41, 5.74) is 5.79. The van der Waals surface area contributed by atoms with Crippen LogP contribution in [0.2, 0.25) is 0 Å². The van der Waals surface area contributed by atoms with Crippen molar-refractivity contribution in [2.75, 3.05) is 0 Å². The molecule has 0 unspecified atom stereocenters. The topological polar surface area (TPSA) is 148 Å². The molecule has 0 spiro atoms. The number of furan rings is 2. The zero-order chi connectivity index (χ0) is 60.6. The predicted octanol–water partition coefficient (Wildman–Crippen LogP) is 13.5. The van der Waals surface area contributed by atoms with E-state index in [1.54, 1.807) is 80.9 Å². The minimum absolute atomic E-state index is 0.108. The van der Waals surface area contributed by atoms with Gasteiger partial charge >= 0.3 is 11.3 Å². The van der Waals surface area contributed by atoms with E-state index in [1.807, 2.05) is 212 Å². The highest BCUT2D eigenvalue weighted by atomic mass is 16.4. The molecule has 89 heavy (non-hydrogen) atoms. The third-order valence-corrected chi connectivity index (χ3v) is 17.5. The second-order valence-electron chi connectivity index (χ2n) is 22.4. The molecule has 6 aliphatic heterocycles. The fraction of sp³-hybridized carbons (Fsp3) is 0.0649. The van der Waals surface area contributed by atoms with Crippen molar-refractivity contribution >= 4 is 0 Å². The van der Waals surface area contributed by atoms with Crippen LogP contribution in [0.15, 0.2) is 298 Å². The smallest absolute Gasteiger partial charge is 0.341 e. The fourth-order valence-corrected chi connectivity index (χ4v) is 13.7. The monoisotopic (exact) mass is 1160 g/mol. The van der Waals surface area contributed by atoms with Crippen LogP contribution in [0.3, 0.4) is 0 Å². The Balaban J connectivity index is 1.17. The van der Waals surface area contributed by atoms with Gasteiger partial charge in [-0.2, -0.15) is 0 Å². The molecule has 0 amide bonds. The van der Waals surface area contributed by atoms with E-state index in [0.717, 1.165) is 0 Å². The third kappa shape index (κ3) is 8.66. The average molecular weight is 1160 g/mol. The molecule has 0 bridgehead atoms. The van der Waals surface area contributed by atoms with Crippen LogP contribution in [0.25, 0.3) is 79.1 Å². The number of hydrogen-bond acceptors (Lipinski definition) is 8. The van der Waals surface area contributed by atoms with Gasteiger partial charge in [0.2, 0.25) is 0 Å². The Labute approximate surface area is 508 Å². The van der Waals surface area contributed by atoms with E-state index in [-0.39, 0.29) is 56.0 Å². The molecule has 0 aromatic heterocycles. The van der Waals surface area contributed by atoms with E-state index in [9.17, 15) is 0 Å². The molecular formula is C77H52N4O8. The van der Waals surface area contributed by atoms with Crippen LogP contribution >= 0.6 is 0 Å². The zero-order valence-electron chi connectivity index (χ0n) is 48.1. The van der Waals surface area contributed by atoms with Crippen molar-refractivity contribution in [1.29, 1.82) is 0 Å². The summed E-state index contributed by atoms with van der Waals surface area (Å²) in [4.78, 5) is 95.2. The fourth-order valence-electron chi connectivity index (χ4n) is 13.7. The van der Waals surface area contributed by atoms with Gasteiger partial charge in [-0.25, -0.2) is 9.59 Å². The molecular weight excluding hydrogens is 1110 g/mol. The molecule has 0 saturated heterocycles. The molecule has 15 rings (SSSR count). The third-order valence-electron chi connectivity index (χ3n) is 17.5. The summed E-state index contributed by atoms with van der Waals surface area (Å²) in [5, 5.41) is 0. The average Bonchev–Trinajstić information content (AvgIpc) is 1.61. The molecule has 0 radical (unpaired) electrons. The number of rotatable bonds is 11. The van der Waals surface area contributed by atoms with Gasteiger partial charge in [-0.15, -0.1) is 0 Å². The Morgan fingerprint density at radius 2 is 0.528 bits per heavy atom. The number of benzene rings is 3. The Hall–Kier alpha value is -11.8. The largest absolute Gasteiger partial charge is 0.422 e. The van der Waals surface area contributed by atoms with E-state index in [2.05, 4.69) is 0 Å². The molecule has 12 heteroatoms. The zero-order valence-corrected chi connectivity index (χ0v) is 48.1. The summed E-state index contributed by atoms with van der Waals surface area (Å²) in [6, 6.07) is 79.4. The quantitative estimate of drug-likeness (QED) is 0.124. The first kappa shape index (κ1) is 53.9. The van der Waals surface area contributed by atoms with Gasteiger partial charge in [0.25, 0.3) is 22.2 Å². The van der Waals surface area contributed by atoms with Gasteiger partial charge in [-0.1, -0.05) is 200 Å². The SMILES string of the molecule is Cn1c2cccccc-2c(C(c2cc(C(c3c4cccccc-4oc3=O)c3c4cccccc-4oc3=O)cc(C(c3c4cccccc-4n(-c4ccccc4)c3=O)c3c4cccccc-4n(-c4ccccc4)c3=O)c2)c2c3cccccc-3n(C)c2=O)c1=O. The lowest BCUT2D eigenvalue weighted by atomic mass is 9.75. The number of para-hydroxylation sites is 2. The van der Waals surface area contributed by atoms with E-state index in [1.165, 1.54) is 0 Å². The Morgan fingerprint density at radius 3 is 0.876 bits per heavy atom. The van der Waals surface area contributed by atoms with Gasteiger partial charge in [0.15, 0.2) is 0 Å². The first-order chi connectivity index (χ1) is 43.6. The van der Waals surface area contributed by atoms with Crippen molar-refractivity contribution in [3.8, 4) is 79.1 Å². The van der Waals surface area contributed by atoms with Crippen molar-refractivity contribution in [3.05, 3.63) is 373 Å². The number of aromatic nitrogens is 4. The van der Waals surface area contributed by atoms with Crippen molar-refractivity contribution in [2.24, 2.45) is 14.1 Å². The van der Waals surface area contributed by atoms with Crippen LogP contribution in [0.5, 0.6) is 0 Å².